The van der Waals surface area contributed by atoms with Gasteiger partial charge in [-0.05, 0) is 24.6 Å². The molecule has 1 amide bonds. The summed E-state index contributed by atoms with van der Waals surface area (Å²) in [4.78, 5) is 22.4. The monoisotopic (exact) mass is 254 g/mol. The lowest BCUT2D eigenvalue weighted by molar-refractivity contribution is -0.140. The van der Waals surface area contributed by atoms with Crippen LogP contribution in [-0.2, 0) is 9.53 Å². The maximum Gasteiger partial charge on any atom is 0.305 e. The molecule has 18 heavy (non-hydrogen) atoms. The van der Waals surface area contributed by atoms with E-state index in [1.54, 1.807) is 0 Å². The van der Waals surface area contributed by atoms with Gasteiger partial charge in [-0.15, -0.1) is 0 Å². The second-order valence-corrected chi connectivity index (χ2v) is 3.67. The molecular formula is C12H15FN2O3. The quantitative estimate of drug-likeness (QED) is 0.468. The van der Waals surface area contributed by atoms with E-state index in [0.29, 0.717) is 13.0 Å². The molecule has 0 aromatic heterocycles. The molecule has 0 spiro atoms. The van der Waals surface area contributed by atoms with Crippen molar-refractivity contribution >= 4 is 17.6 Å². The largest absolute Gasteiger partial charge is 0.469 e. The number of amides is 1. The topological polar surface area (TPSA) is 81.4 Å². The number of benzene rings is 1. The van der Waals surface area contributed by atoms with Crippen molar-refractivity contribution in [3.8, 4) is 0 Å². The van der Waals surface area contributed by atoms with Crippen LogP contribution in [0.1, 0.15) is 23.2 Å². The van der Waals surface area contributed by atoms with Crippen molar-refractivity contribution in [1.29, 1.82) is 0 Å². The molecule has 0 saturated heterocycles. The van der Waals surface area contributed by atoms with E-state index < -0.39 is 11.7 Å². The van der Waals surface area contributed by atoms with Gasteiger partial charge in [0.25, 0.3) is 5.91 Å². The zero-order valence-electron chi connectivity index (χ0n) is 10.0. The van der Waals surface area contributed by atoms with Gasteiger partial charge in [-0.2, -0.15) is 0 Å². The molecule has 0 bridgehead atoms. The lowest BCUT2D eigenvalue weighted by Crippen LogP contribution is -2.25. The molecule has 5 nitrogen and oxygen atoms in total. The van der Waals surface area contributed by atoms with Crippen LogP contribution in [0.2, 0.25) is 0 Å². The first-order chi connectivity index (χ1) is 8.54. The second kappa shape index (κ2) is 6.58. The van der Waals surface area contributed by atoms with E-state index >= 15 is 0 Å². The van der Waals surface area contributed by atoms with Gasteiger partial charge in [0.15, 0.2) is 0 Å². The van der Waals surface area contributed by atoms with Gasteiger partial charge in [-0.1, -0.05) is 0 Å². The number of esters is 1. The summed E-state index contributed by atoms with van der Waals surface area (Å²) in [5.74, 6) is -1.36. The Labute approximate surface area is 104 Å². The van der Waals surface area contributed by atoms with E-state index in [9.17, 15) is 14.0 Å². The molecule has 1 rings (SSSR count). The van der Waals surface area contributed by atoms with E-state index in [0.717, 1.165) is 6.07 Å². The summed E-state index contributed by atoms with van der Waals surface area (Å²) in [6.07, 6.45) is 0.697. The summed E-state index contributed by atoms with van der Waals surface area (Å²) in [5, 5.41) is 2.57. The average molecular weight is 254 g/mol. The maximum atomic E-state index is 13.1. The van der Waals surface area contributed by atoms with Crippen LogP contribution in [0, 0.1) is 5.82 Å². The van der Waals surface area contributed by atoms with Gasteiger partial charge in [0.2, 0.25) is 0 Å². The fourth-order valence-electron chi connectivity index (χ4n) is 1.31. The molecule has 98 valence electrons. The van der Waals surface area contributed by atoms with E-state index in [1.807, 2.05) is 0 Å². The number of carbonyl (C=O) groups is 2. The predicted molar refractivity (Wildman–Crippen MR) is 64.4 cm³/mol. The van der Waals surface area contributed by atoms with Gasteiger partial charge in [0.05, 0.1) is 12.8 Å². The lowest BCUT2D eigenvalue weighted by atomic mass is 10.2. The fraction of sp³-hybridized carbons (Fsp3) is 0.333. The number of ether oxygens (including phenoxy) is 1. The zero-order chi connectivity index (χ0) is 13.5. The van der Waals surface area contributed by atoms with E-state index in [2.05, 4.69) is 10.1 Å². The summed E-state index contributed by atoms with van der Waals surface area (Å²) >= 11 is 0. The molecule has 0 aliphatic rings. The first kappa shape index (κ1) is 14.0. The Morgan fingerprint density at radius 2 is 2.17 bits per heavy atom. The van der Waals surface area contributed by atoms with Crippen molar-refractivity contribution in [2.24, 2.45) is 0 Å². The number of halogens is 1. The minimum Gasteiger partial charge on any atom is -0.469 e. The molecule has 0 saturated carbocycles. The Balaban J connectivity index is 2.41. The second-order valence-electron chi connectivity index (χ2n) is 3.67. The maximum absolute atomic E-state index is 13.1. The van der Waals surface area contributed by atoms with Crippen LogP contribution in [-0.4, -0.2) is 25.5 Å². The molecule has 0 heterocycles. The first-order valence-corrected chi connectivity index (χ1v) is 5.44. The molecular weight excluding hydrogens is 239 g/mol. The number of hydrogen-bond donors (Lipinski definition) is 2. The average Bonchev–Trinajstić information content (AvgIpc) is 2.37. The number of nitrogen functional groups attached to an aromatic ring is 1. The number of methoxy groups -OCH3 is 1. The van der Waals surface area contributed by atoms with Crippen LogP contribution < -0.4 is 11.1 Å². The zero-order valence-corrected chi connectivity index (χ0v) is 10.0. The molecule has 0 atom stereocenters. The van der Waals surface area contributed by atoms with Gasteiger partial charge in [-0.25, -0.2) is 4.39 Å². The third-order valence-electron chi connectivity index (χ3n) is 2.33. The van der Waals surface area contributed by atoms with Crippen molar-refractivity contribution in [2.75, 3.05) is 19.4 Å². The number of carbonyl (C=O) groups excluding carboxylic acids is 2. The van der Waals surface area contributed by atoms with Gasteiger partial charge in [0, 0.05) is 18.5 Å². The minimum atomic E-state index is -0.628. The highest BCUT2D eigenvalue weighted by Gasteiger charge is 2.08. The SMILES string of the molecule is COC(=O)CCCNC(=O)c1ccc(N)c(F)c1. The van der Waals surface area contributed by atoms with Crippen LogP contribution in [0.3, 0.4) is 0 Å². The van der Waals surface area contributed by atoms with Gasteiger partial charge >= 0.3 is 5.97 Å². The molecule has 0 fully saturated rings. The summed E-state index contributed by atoms with van der Waals surface area (Å²) in [6.45, 7) is 0.319. The number of hydrogen-bond acceptors (Lipinski definition) is 4. The Bertz CT molecular complexity index is 449. The summed E-state index contributed by atoms with van der Waals surface area (Å²) < 4.78 is 17.6. The third-order valence-corrected chi connectivity index (χ3v) is 2.33. The Kier molecular flexibility index (Phi) is 5.10. The van der Waals surface area contributed by atoms with Gasteiger partial charge < -0.3 is 15.8 Å². The standard InChI is InChI=1S/C12H15FN2O3/c1-18-11(16)3-2-6-15-12(17)8-4-5-10(14)9(13)7-8/h4-5,7H,2-3,6,14H2,1H3,(H,15,17). The fourth-order valence-corrected chi connectivity index (χ4v) is 1.31. The highest BCUT2D eigenvalue weighted by Crippen LogP contribution is 2.11. The molecule has 1 aromatic rings. The number of rotatable bonds is 5. The predicted octanol–water partition coefficient (Wildman–Crippen LogP) is 1.09. The van der Waals surface area contributed by atoms with E-state index in [-0.39, 0.29) is 23.6 Å². The number of nitrogens with one attached hydrogen (secondary N) is 1. The Hall–Kier alpha value is -2.11. The van der Waals surface area contributed by atoms with Gasteiger partial charge in [0.1, 0.15) is 5.82 Å². The summed E-state index contributed by atoms with van der Waals surface area (Å²) in [6, 6.07) is 3.84. The van der Waals surface area contributed by atoms with Crippen LogP contribution in [0.15, 0.2) is 18.2 Å². The van der Waals surface area contributed by atoms with Crippen molar-refractivity contribution in [3.63, 3.8) is 0 Å². The smallest absolute Gasteiger partial charge is 0.305 e. The van der Waals surface area contributed by atoms with Crippen LogP contribution >= 0.6 is 0 Å². The summed E-state index contributed by atoms with van der Waals surface area (Å²) in [7, 11) is 1.30. The normalized spacial score (nSPS) is 9.89. The third kappa shape index (κ3) is 4.04. The molecule has 0 aliphatic carbocycles. The van der Waals surface area contributed by atoms with Crippen molar-refractivity contribution in [1.82, 2.24) is 5.32 Å². The van der Waals surface area contributed by atoms with Gasteiger partial charge in [-0.3, -0.25) is 9.59 Å². The number of nitrogens with two attached hydrogens (primary N) is 1. The molecule has 0 aliphatic heterocycles. The first-order valence-electron chi connectivity index (χ1n) is 5.44. The highest BCUT2D eigenvalue weighted by molar-refractivity contribution is 5.94. The van der Waals surface area contributed by atoms with Crippen molar-refractivity contribution in [3.05, 3.63) is 29.6 Å². The number of anilines is 1. The molecule has 0 radical (unpaired) electrons. The van der Waals surface area contributed by atoms with E-state index in [1.165, 1.54) is 19.2 Å². The lowest BCUT2D eigenvalue weighted by Gasteiger charge is -2.05. The minimum absolute atomic E-state index is 0.00255. The van der Waals surface area contributed by atoms with E-state index in [4.69, 9.17) is 5.73 Å². The van der Waals surface area contributed by atoms with Crippen LogP contribution in [0.25, 0.3) is 0 Å². The molecule has 1 aromatic carbocycles. The molecule has 3 N–H and O–H groups in total. The highest BCUT2D eigenvalue weighted by atomic mass is 19.1. The van der Waals surface area contributed by atoms with Crippen LogP contribution in [0.4, 0.5) is 10.1 Å². The van der Waals surface area contributed by atoms with Crippen LogP contribution in [0.5, 0.6) is 0 Å². The Morgan fingerprint density at radius 1 is 1.44 bits per heavy atom. The van der Waals surface area contributed by atoms with Crippen molar-refractivity contribution in [2.45, 2.75) is 12.8 Å². The molecule has 6 heteroatoms. The summed E-state index contributed by atoms with van der Waals surface area (Å²) in [5.41, 5.74) is 5.49. The van der Waals surface area contributed by atoms with Crippen molar-refractivity contribution < 1.29 is 18.7 Å². The molecule has 0 unspecified atom stereocenters. The Morgan fingerprint density at radius 3 is 2.78 bits per heavy atom.